The number of piperidine rings is 1. The molecule has 29 heavy (non-hydrogen) atoms. The number of amides is 3. The average molecular weight is 402 g/mol. The first-order valence-electron chi connectivity index (χ1n) is 10.7. The average Bonchev–Trinajstić information content (AvgIpc) is 2.70. The fourth-order valence-electron chi connectivity index (χ4n) is 3.50. The molecule has 0 aromatic heterocycles. The highest BCUT2D eigenvalue weighted by Crippen LogP contribution is 2.22. The Labute approximate surface area is 174 Å². The molecular weight excluding hydrogens is 366 g/mol. The maximum atomic E-state index is 12.8. The van der Waals surface area contributed by atoms with Gasteiger partial charge in [0, 0.05) is 25.6 Å². The van der Waals surface area contributed by atoms with Gasteiger partial charge in [0.1, 0.15) is 6.04 Å². The summed E-state index contributed by atoms with van der Waals surface area (Å²) in [6.45, 7) is 9.54. The summed E-state index contributed by atoms with van der Waals surface area (Å²) in [6, 6.07) is 9.19. The predicted octanol–water partition coefficient (Wildman–Crippen LogP) is 2.38. The van der Waals surface area contributed by atoms with Crippen LogP contribution in [0.2, 0.25) is 0 Å². The maximum Gasteiger partial charge on any atom is 0.242 e. The van der Waals surface area contributed by atoms with E-state index in [1.807, 2.05) is 62.9 Å². The lowest BCUT2D eigenvalue weighted by Gasteiger charge is -2.36. The van der Waals surface area contributed by atoms with Crippen molar-refractivity contribution in [1.82, 2.24) is 15.5 Å². The minimum atomic E-state index is -0.546. The topological polar surface area (TPSA) is 78.5 Å². The van der Waals surface area contributed by atoms with E-state index in [-0.39, 0.29) is 29.6 Å². The zero-order valence-electron chi connectivity index (χ0n) is 18.1. The Balaban J connectivity index is 1.96. The van der Waals surface area contributed by atoms with Gasteiger partial charge in [0.25, 0.3) is 0 Å². The molecule has 0 bridgehead atoms. The Bertz CT molecular complexity index is 680. The van der Waals surface area contributed by atoms with Crippen LogP contribution in [0.3, 0.4) is 0 Å². The lowest BCUT2D eigenvalue weighted by molar-refractivity contribution is -0.134. The first-order chi connectivity index (χ1) is 13.8. The SMILES string of the molecule is CC(C)CNC(=O)C(NC(=O)C(C)C)C1CCN(C(=O)Cc2ccccc2)CC1. The van der Waals surface area contributed by atoms with Crippen molar-refractivity contribution in [2.75, 3.05) is 19.6 Å². The van der Waals surface area contributed by atoms with Crippen LogP contribution < -0.4 is 10.6 Å². The van der Waals surface area contributed by atoms with Crippen molar-refractivity contribution >= 4 is 17.7 Å². The number of hydrogen-bond donors (Lipinski definition) is 2. The monoisotopic (exact) mass is 401 g/mol. The summed E-state index contributed by atoms with van der Waals surface area (Å²) in [5.41, 5.74) is 1.01. The maximum absolute atomic E-state index is 12.8. The van der Waals surface area contributed by atoms with E-state index in [9.17, 15) is 14.4 Å². The van der Waals surface area contributed by atoms with Gasteiger partial charge in [0.05, 0.1) is 6.42 Å². The van der Waals surface area contributed by atoms with E-state index in [1.165, 1.54) is 0 Å². The number of carbonyl (C=O) groups excluding carboxylic acids is 3. The van der Waals surface area contributed by atoms with Gasteiger partial charge in [-0.3, -0.25) is 14.4 Å². The third kappa shape index (κ3) is 7.18. The third-order valence-corrected chi connectivity index (χ3v) is 5.35. The molecule has 0 aliphatic carbocycles. The summed E-state index contributed by atoms with van der Waals surface area (Å²) in [7, 11) is 0. The van der Waals surface area contributed by atoms with Crippen LogP contribution in [0.4, 0.5) is 0 Å². The summed E-state index contributed by atoms with van der Waals surface area (Å²) in [5.74, 6) is 0.0761. The predicted molar refractivity (Wildman–Crippen MR) is 114 cm³/mol. The van der Waals surface area contributed by atoms with Gasteiger partial charge < -0.3 is 15.5 Å². The van der Waals surface area contributed by atoms with Crippen molar-refractivity contribution in [2.24, 2.45) is 17.8 Å². The molecule has 0 saturated carbocycles. The second kappa shape index (κ2) is 11.0. The summed E-state index contributed by atoms with van der Waals surface area (Å²) in [6.07, 6.45) is 1.81. The molecule has 6 nitrogen and oxygen atoms in total. The largest absolute Gasteiger partial charge is 0.354 e. The quantitative estimate of drug-likeness (QED) is 0.702. The van der Waals surface area contributed by atoms with Crippen LogP contribution >= 0.6 is 0 Å². The van der Waals surface area contributed by atoms with E-state index in [4.69, 9.17) is 0 Å². The van der Waals surface area contributed by atoms with Crippen molar-refractivity contribution in [2.45, 2.75) is 53.0 Å². The summed E-state index contributed by atoms with van der Waals surface area (Å²) >= 11 is 0. The smallest absolute Gasteiger partial charge is 0.242 e. The molecule has 1 fully saturated rings. The fourth-order valence-corrected chi connectivity index (χ4v) is 3.50. The third-order valence-electron chi connectivity index (χ3n) is 5.35. The van der Waals surface area contributed by atoms with E-state index < -0.39 is 6.04 Å². The molecule has 1 aliphatic heterocycles. The molecule has 6 heteroatoms. The molecule has 1 atom stereocenters. The van der Waals surface area contributed by atoms with Crippen LogP contribution in [0.1, 0.15) is 46.1 Å². The van der Waals surface area contributed by atoms with Gasteiger partial charge in [0.2, 0.25) is 17.7 Å². The Morgan fingerprint density at radius 1 is 1.00 bits per heavy atom. The van der Waals surface area contributed by atoms with E-state index >= 15 is 0 Å². The number of likely N-dealkylation sites (tertiary alicyclic amines) is 1. The molecule has 2 N–H and O–H groups in total. The van der Waals surface area contributed by atoms with Crippen molar-refractivity contribution < 1.29 is 14.4 Å². The molecule has 1 unspecified atom stereocenters. The molecule has 3 amide bonds. The number of nitrogens with one attached hydrogen (secondary N) is 2. The van der Waals surface area contributed by atoms with Crippen molar-refractivity contribution in [3.8, 4) is 0 Å². The number of nitrogens with zero attached hydrogens (tertiary/aromatic N) is 1. The molecule has 1 heterocycles. The van der Waals surface area contributed by atoms with Crippen LogP contribution in [0.25, 0.3) is 0 Å². The number of hydrogen-bond acceptors (Lipinski definition) is 3. The second-order valence-corrected chi connectivity index (χ2v) is 8.66. The van der Waals surface area contributed by atoms with Gasteiger partial charge in [-0.25, -0.2) is 0 Å². The zero-order valence-corrected chi connectivity index (χ0v) is 18.1. The number of carbonyl (C=O) groups is 3. The van der Waals surface area contributed by atoms with E-state index in [1.54, 1.807) is 0 Å². The van der Waals surface area contributed by atoms with Crippen LogP contribution in [-0.4, -0.2) is 48.3 Å². The molecule has 2 rings (SSSR count). The molecule has 0 radical (unpaired) electrons. The van der Waals surface area contributed by atoms with Crippen LogP contribution in [0.15, 0.2) is 30.3 Å². The van der Waals surface area contributed by atoms with Gasteiger partial charge in [0.15, 0.2) is 0 Å². The van der Waals surface area contributed by atoms with Crippen LogP contribution in [0.5, 0.6) is 0 Å². The highest BCUT2D eigenvalue weighted by atomic mass is 16.2. The molecule has 160 valence electrons. The van der Waals surface area contributed by atoms with Gasteiger partial charge in [-0.05, 0) is 30.2 Å². The molecule has 1 aromatic carbocycles. The van der Waals surface area contributed by atoms with Gasteiger partial charge >= 0.3 is 0 Å². The standard InChI is InChI=1S/C23H35N3O3/c1-16(2)15-24-23(29)21(25-22(28)17(3)4)19-10-12-26(13-11-19)20(27)14-18-8-6-5-7-9-18/h5-9,16-17,19,21H,10-15H2,1-4H3,(H,24,29)(H,25,28). The number of rotatable bonds is 8. The Kier molecular flexibility index (Phi) is 8.68. The Morgan fingerprint density at radius 2 is 1.62 bits per heavy atom. The Morgan fingerprint density at radius 3 is 2.17 bits per heavy atom. The highest BCUT2D eigenvalue weighted by Gasteiger charge is 2.34. The second-order valence-electron chi connectivity index (χ2n) is 8.66. The summed E-state index contributed by atoms with van der Waals surface area (Å²) < 4.78 is 0. The normalized spacial score (nSPS) is 16.0. The van der Waals surface area contributed by atoms with Crippen LogP contribution in [0, 0.1) is 17.8 Å². The molecule has 1 saturated heterocycles. The lowest BCUT2D eigenvalue weighted by atomic mass is 9.88. The van der Waals surface area contributed by atoms with Crippen molar-refractivity contribution in [3.05, 3.63) is 35.9 Å². The van der Waals surface area contributed by atoms with Gasteiger partial charge in [-0.15, -0.1) is 0 Å². The first-order valence-corrected chi connectivity index (χ1v) is 10.7. The fraction of sp³-hybridized carbons (Fsp3) is 0.609. The van der Waals surface area contributed by atoms with Gasteiger partial charge in [-0.2, -0.15) is 0 Å². The summed E-state index contributed by atoms with van der Waals surface area (Å²) in [4.78, 5) is 39.5. The molecule has 1 aromatic rings. The van der Waals surface area contributed by atoms with E-state index in [0.717, 1.165) is 5.56 Å². The molecule has 0 spiro atoms. The summed E-state index contributed by atoms with van der Waals surface area (Å²) in [5, 5.41) is 5.90. The molecular formula is C23H35N3O3. The lowest BCUT2D eigenvalue weighted by Crippen LogP contribution is -2.55. The molecule has 1 aliphatic rings. The van der Waals surface area contributed by atoms with Crippen molar-refractivity contribution in [1.29, 1.82) is 0 Å². The van der Waals surface area contributed by atoms with E-state index in [0.29, 0.717) is 44.8 Å². The minimum Gasteiger partial charge on any atom is -0.354 e. The zero-order chi connectivity index (χ0) is 21.4. The number of benzene rings is 1. The first kappa shape index (κ1) is 22.9. The van der Waals surface area contributed by atoms with E-state index in [2.05, 4.69) is 10.6 Å². The van der Waals surface area contributed by atoms with Crippen molar-refractivity contribution in [3.63, 3.8) is 0 Å². The highest BCUT2D eigenvalue weighted by molar-refractivity contribution is 5.88. The van der Waals surface area contributed by atoms with Crippen LogP contribution in [-0.2, 0) is 20.8 Å². The Hall–Kier alpha value is -2.37. The van der Waals surface area contributed by atoms with Gasteiger partial charge in [-0.1, -0.05) is 58.0 Å². The minimum absolute atomic E-state index is 0.0330.